The number of nitrogens with zero attached hydrogens (tertiary/aromatic N) is 4. The molecule has 0 radical (unpaired) electrons. The van der Waals surface area contributed by atoms with Crippen LogP contribution in [0, 0.1) is 6.92 Å². The fourth-order valence-corrected chi connectivity index (χ4v) is 3.18. The van der Waals surface area contributed by atoms with E-state index in [1.54, 1.807) is 36.4 Å². The van der Waals surface area contributed by atoms with Crippen molar-refractivity contribution in [2.24, 2.45) is 10.3 Å². The van der Waals surface area contributed by atoms with Gasteiger partial charge in [-0.15, -0.1) is 0 Å². The number of ether oxygens (including phenoxy) is 1. The molecule has 2 atom stereocenters. The minimum absolute atomic E-state index is 0.317. The first kappa shape index (κ1) is 16.3. The molecule has 7 heteroatoms. The Morgan fingerprint density at radius 2 is 1.62 bits per heavy atom. The minimum atomic E-state index is -0.810. The SMILES string of the molecule is CCOc1ccc(N2N=N[C@@H]3C(=O)N(c4ccc(C)cc4)C(=O)[C@H]32)cc1. The standard InChI is InChI=1S/C19H18N4O3/c1-3-26-15-10-8-14(9-11-15)23-17-16(20-21-23)18(24)22(19(17)25)13-6-4-12(2)5-7-13/h4-11,16-17H,3H2,1-2H3/t16-,17-/m0/s1. The predicted octanol–water partition coefficient (Wildman–Crippen LogP) is 2.89. The number of imide groups is 1. The van der Waals surface area contributed by atoms with Gasteiger partial charge in [-0.3, -0.25) is 9.59 Å². The van der Waals surface area contributed by atoms with Crippen molar-refractivity contribution in [3.63, 3.8) is 0 Å². The third kappa shape index (κ3) is 2.52. The molecule has 0 bridgehead atoms. The summed E-state index contributed by atoms with van der Waals surface area (Å²) >= 11 is 0. The van der Waals surface area contributed by atoms with Crippen molar-refractivity contribution in [3.05, 3.63) is 54.1 Å². The van der Waals surface area contributed by atoms with Crippen molar-refractivity contribution in [1.29, 1.82) is 0 Å². The lowest BCUT2D eigenvalue weighted by Gasteiger charge is -2.20. The molecule has 132 valence electrons. The van der Waals surface area contributed by atoms with Crippen molar-refractivity contribution in [3.8, 4) is 5.75 Å². The normalized spacial score (nSPS) is 21.5. The summed E-state index contributed by atoms with van der Waals surface area (Å²) < 4.78 is 5.43. The number of fused-ring (bicyclic) bond motifs is 1. The first-order valence-corrected chi connectivity index (χ1v) is 8.47. The summed E-state index contributed by atoms with van der Waals surface area (Å²) in [4.78, 5) is 26.9. The number of aryl methyl sites for hydroxylation is 1. The number of rotatable bonds is 4. The van der Waals surface area contributed by atoms with Gasteiger partial charge >= 0.3 is 0 Å². The Labute approximate surface area is 150 Å². The quantitative estimate of drug-likeness (QED) is 0.795. The Balaban J connectivity index is 1.62. The Morgan fingerprint density at radius 1 is 0.962 bits per heavy atom. The summed E-state index contributed by atoms with van der Waals surface area (Å²) in [7, 11) is 0. The Kier molecular flexibility index (Phi) is 3.91. The van der Waals surface area contributed by atoms with Gasteiger partial charge in [0, 0.05) is 0 Å². The third-order valence-electron chi connectivity index (χ3n) is 4.49. The van der Waals surface area contributed by atoms with Gasteiger partial charge in [-0.05, 0) is 50.2 Å². The second-order valence-corrected chi connectivity index (χ2v) is 6.21. The van der Waals surface area contributed by atoms with E-state index in [9.17, 15) is 9.59 Å². The maximum absolute atomic E-state index is 13.0. The van der Waals surface area contributed by atoms with Crippen LogP contribution in [-0.2, 0) is 9.59 Å². The summed E-state index contributed by atoms with van der Waals surface area (Å²) in [6, 6.07) is 12.9. The summed E-state index contributed by atoms with van der Waals surface area (Å²) in [5.74, 6) is 0.0721. The van der Waals surface area contributed by atoms with E-state index in [0.29, 0.717) is 18.0 Å². The van der Waals surface area contributed by atoms with Gasteiger partial charge in [0.15, 0.2) is 12.1 Å². The van der Waals surface area contributed by atoms with E-state index in [1.165, 1.54) is 9.91 Å². The first-order chi connectivity index (χ1) is 12.6. The van der Waals surface area contributed by atoms with Gasteiger partial charge in [-0.2, -0.15) is 5.11 Å². The van der Waals surface area contributed by atoms with Crippen LogP contribution in [0.4, 0.5) is 11.4 Å². The van der Waals surface area contributed by atoms with Crippen LogP contribution in [0.1, 0.15) is 12.5 Å². The second kappa shape index (κ2) is 6.25. The van der Waals surface area contributed by atoms with Crippen LogP contribution in [-0.4, -0.2) is 30.5 Å². The molecule has 2 aromatic rings. The van der Waals surface area contributed by atoms with E-state index >= 15 is 0 Å². The molecule has 2 aromatic carbocycles. The number of carbonyl (C=O) groups is 2. The van der Waals surface area contributed by atoms with Gasteiger partial charge in [0.05, 0.1) is 18.0 Å². The lowest BCUT2D eigenvalue weighted by atomic mass is 10.1. The fourth-order valence-electron chi connectivity index (χ4n) is 3.18. The highest BCUT2D eigenvalue weighted by molar-refractivity contribution is 6.26. The smallest absolute Gasteiger partial charge is 0.263 e. The average Bonchev–Trinajstić information content (AvgIpc) is 3.18. The summed E-state index contributed by atoms with van der Waals surface area (Å²) in [5, 5.41) is 9.61. The van der Waals surface area contributed by atoms with Crippen molar-refractivity contribution < 1.29 is 14.3 Å². The maximum atomic E-state index is 13.0. The van der Waals surface area contributed by atoms with Gasteiger partial charge in [-0.25, -0.2) is 9.91 Å². The van der Waals surface area contributed by atoms with E-state index in [4.69, 9.17) is 4.74 Å². The molecular weight excluding hydrogens is 332 g/mol. The molecule has 1 fully saturated rings. The van der Waals surface area contributed by atoms with E-state index in [2.05, 4.69) is 10.3 Å². The van der Waals surface area contributed by atoms with Gasteiger partial charge in [0.2, 0.25) is 0 Å². The molecule has 0 unspecified atom stereocenters. The van der Waals surface area contributed by atoms with E-state index in [0.717, 1.165) is 11.3 Å². The van der Waals surface area contributed by atoms with E-state index in [-0.39, 0.29) is 11.8 Å². The number of hydrogen-bond acceptors (Lipinski definition) is 6. The van der Waals surface area contributed by atoms with Gasteiger partial charge in [0.1, 0.15) is 5.75 Å². The molecule has 0 aliphatic carbocycles. The van der Waals surface area contributed by atoms with E-state index in [1.807, 2.05) is 26.0 Å². The number of benzene rings is 2. The molecule has 0 spiro atoms. The number of hydrogen-bond donors (Lipinski definition) is 0. The summed E-state index contributed by atoms with van der Waals surface area (Å²) in [6.07, 6.45) is 0. The molecule has 4 rings (SSSR count). The topological polar surface area (TPSA) is 74.6 Å². The van der Waals surface area contributed by atoms with Crippen molar-refractivity contribution >= 4 is 23.2 Å². The van der Waals surface area contributed by atoms with Crippen molar-refractivity contribution in [1.82, 2.24) is 0 Å². The largest absolute Gasteiger partial charge is 0.494 e. The Morgan fingerprint density at radius 3 is 2.27 bits per heavy atom. The average molecular weight is 350 g/mol. The maximum Gasteiger partial charge on any atom is 0.263 e. The van der Waals surface area contributed by atoms with Gasteiger partial charge in [0.25, 0.3) is 11.8 Å². The van der Waals surface area contributed by atoms with Gasteiger partial charge in [-0.1, -0.05) is 22.9 Å². The predicted molar refractivity (Wildman–Crippen MR) is 96.2 cm³/mol. The van der Waals surface area contributed by atoms with Crippen LogP contribution in [0.3, 0.4) is 0 Å². The number of carbonyl (C=O) groups excluding carboxylic acids is 2. The molecule has 0 saturated carbocycles. The Bertz CT molecular complexity index is 877. The molecule has 2 aliphatic heterocycles. The molecule has 2 aliphatic rings. The molecule has 26 heavy (non-hydrogen) atoms. The van der Waals surface area contributed by atoms with Crippen molar-refractivity contribution in [2.75, 3.05) is 16.5 Å². The highest BCUT2D eigenvalue weighted by atomic mass is 16.5. The summed E-state index contributed by atoms with van der Waals surface area (Å²) in [5.41, 5.74) is 2.31. The highest BCUT2D eigenvalue weighted by Crippen LogP contribution is 2.35. The molecule has 7 nitrogen and oxygen atoms in total. The number of amides is 2. The lowest BCUT2D eigenvalue weighted by Crippen LogP contribution is -2.39. The van der Waals surface area contributed by atoms with Gasteiger partial charge < -0.3 is 4.74 Å². The monoisotopic (exact) mass is 350 g/mol. The van der Waals surface area contributed by atoms with Crippen LogP contribution in [0.2, 0.25) is 0 Å². The third-order valence-corrected chi connectivity index (χ3v) is 4.49. The molecule has 0 aromatic heterocycles. The van der Waals surface area contributed by atoms with Crippen LogP contribution in [0.15, 0.2) is 58.9 Å². The first-order valence-electron chi connectivity index (χ1n) is 8.47. The van der Waals surface area contributed by atoms with Crippen LogP contribution < -0.4 is 14.6 Å². The molecular formula is C19H18N4O3. The van der Waals surface area contributed by atoms with E-state index < -0.39 is 12.1 Å². The summed E-state index contributed by atoms with van der Waals surface area (Å²) in [6.45, 7) is 4.44. The molecule has 2 heterocycles. The zero-order valence-corrected chi connectivity index (χ0v) is 14.5. The highest BCUT2D eigenvalue weighted by Gasteiger charge is 2.55. The zero-order chi connectivity index (χ0) is 18.3. The number of anilines is 2. The second-order valence-electron chi connectivity index (χ2n) is 6.21. The molecule has 1 saturated heterocycles. The Hall–Kier alpha value is -3.22. The minimum Gasteiger partial charge on any atom is -0.494 e. The van der Waals surface area contributed by atoms with Crippen LogP contribution >= 0.6 is 0 Å². The lowest BCUT2D eigenvalue weighted by molar-refractivity contribution is -0.121. The molecule has 2 amide bonds. The van der Waals surface area contributed by atoms with Crippen molar-refractivity contribution in [2.45, 2.75) is 25.9 Å². The molecule has 0 N–H and O–H groups in total. The van der Waals surface area contributed by atoms with Crippen LogP contribution in [0.25, 0.3) is 0 Å². The fraction of sp³-hybridized carbons (Fsp3) is 0.263. The van der Waals surface area contributed by atoms with Crippen LogP contribution in [0.5, 0.6) is 5.75 Å². The zero-order valence-electron chi connectivity index (χ0n) is 14.5.